The Morgan fingerprint density at radius 2 is 1.81 bits per heavy atom. The van der Waals surface area contributed by atoms with Gasteiger partial charge in [-0.15, -0.1) is 11.8 Å². The molecule has 6 nitrogen and oxygen atoms in total. The molecule has 27 heavy (non-hydrogen) atoms. The zero-order chi connectivity index (χ0) is 19.3. The van der Waals surface area contributed by atoms with Crippen LogP contribution in [-0.2, 0) is 9.47 Å². The lowest BCUT2D eigenvalue weighted by Gasteiger charge is -2.51. The summed E-state index contributed by atoms with van der Waals surface area (Å²) in [6.07, 6.45) is 3.87. The van der Waals surface area contributed by atoms with E-state index in [9.17, 15) is 15.8 Å². The van der Waals surface area contributed by atoms with E-state index >= 15 is 0 Å². The second kappa shape index (κ2) is 5.99. The second-order valence-corrected chi connectivity index (χ2v) is 8.14. The summed E-state index contributed by atoms with van der Waals surface area (Å²) in [4.78, 5) is 1.05. The number of benzene rings is 1. The molecule has 1 N–H and O–H groups in total. The van der Waals surface area contributed by atoms with Gasteiger partial charge in [0.25, 0.3) is 0 Å². The summed E-state index contributed by atoms with van der Waals surface area (Å²) in [5.74, 6) is -1.90. The number of ether oxygens (including phenoxy) is 2. The van der Waals surface area contributed by atoms with Gasteiger partial charge in [0.15, 0.2) is 5.41 Å². The molecular formula is C20H18N4O2S. The lowest BCUT2D eigenvalue weighted by molar-refractivity contribution is -0.294. The zero-order valence-electron chi connectivity index (χ0n) is 14.9. The largest absolute Gasteiger partial charge is 0.447 e. The summed E-state index contributed by atoms with van der Waals surface area (Å²) in [5, 5.41) is 38.9. The highest BCUT2D eigenvalue weighted by atomic mass is 32.2. The fraction of sp³-hybridized carbons (Fsp3) is 0.500. The first-order valence-electron chi connectivity index (χ1n) is 8.87. The minimum absolute atomic E-state index is 0.303. The minimum atomic E-state index is -1.85. The maximum Gasteiger partial charge on any atom is 0.217 e. The molecule has 0 spiro atoms. The van der Waals surface area contributed by atoms with Crippen LogP contribution in [0.1, 0.15) is 37.4 Å². The van der Waals surface area contributed by atoms with Gasteiger partial charge in [0.05, 0.1) is 24.1 Å². The lowest BCUT2D eigenvalue weighted by atomic mass is 9.51. The van der Waals surface area contributed by atoms with Gasteiger partial charge in [-0.05, 0) is 36.8 Å². The van der Waals surface area contributed by atoms with Gasteiger partial charge in [0.1, 0.15) is 6.10 Å². The molecule has 3 aliphatic rings. The summed E-state index contributed by atoms with van der Waals surface area (Å²) < 4.78 is 12.2. The summed E-state index contributed by atoms with van der Waals surface area (Å²) in [5.41, 5.74) is -2.82. The molecule has 4 rings (SSSR count). The van der Waals surface area contributed by atoms with Crippen molar-refractivity contribution < 1.29 is 9.47 Å². The fourth-order valence-corrected chi connectivity index (χ4v) is 5.35. The van der Waals surface area contributed by atoms with Crippen LogP contribution in [0, 0.1) is 56.2 Å². The molecule has 7 heteroatoms. The number of rotatable bonds is 2. The molecule has 0 radical (unpaired) electrons. The van der Waals surface area contributed by atoms with Gasteiger partial charge in [0, 0.05) is 11.3 Å². The van der Waals surface area contributed by atoms with E-state index in [2.05, 4.69) is 18.2 Å². The van der Waals surface area contributed by atoms with Crippen LogP contribution in [0.2, 0.25) is 0 Å². The van der Waals surface area contributed by atoms with Crippen LogP contribution in [0.15, 0.2) is 29.2 Å². The third kappa shape index (κ3) is 2.00. The van der Waals surface area contributed by atoms with Crippen LogP contribution in [0.4, 0.5) is 0 Å². The van der Waals surface area contributed by atoms with E-state index in [4.69, 9.17) is 14.9 Å². The van der Waals surface area contributed by atoms with Crippen LogP contribution in [0.25, 0.3) is 0 Å². The molecule has 3 fully saturated rings. The number of hydrogen-bond donors (Lipinski definition) is 1. The fourth-order valence-electron chi connectivity index (χ4n) is 4.94. The number of nitriles is 3. The highest BCUT2D eigenvalue weighted by molar-refractivity contribution is 7.98. The standard InChI is InChI=1S/C20H18N4O2S/c1-27-14-7-5-13(6-8-14)16-18(10-21,11-22)19(12-23)15-4-2-3-9-20(15,25-16)26-17(19)24/h5-8,15-16,24H,2-4,9H2,1H3/t15-,16-,19-,20+/m0/s1. The third-order valence-electron chi connectivity index (χ3n) is 6.23. The Morgan fingerprint density at radius 1 is 1.11 bits per heavy atom. The highest BCUT2D eigenvalue weighted by Crippen LogP contribution is 2.69. The molecule has 0 unspecified atom stereocenters. The predicted molar refractivity (Wildman–Crippen MR) is 97.3 cm³/mol. The van der Waals surface area contributed by atoms with Gasteiger partial charge < -0.3 is 9.47 Å². The van der Waals surface area contributed by atoms with E-state index in [-0.39, 0.29) is 5.90 Å². The number of thioether (sulfide) groups is 1. The number of hydrogen-bond acceptors (Lipinski definition) is 7. The van der Waals surface area contributed by atoms with Crippen molar-refractivity contribution >= 4 is 17.7 Å². The van der Waals surface area contributed by atoms with Crippen LogP contribution in [0.5, 0.6) is 0 Å². The van der Waals surface area contributed by atoms with Crippen molar-refractivity contribution in [1.82, 2.24) is 0 Å². The first kappa shape index (κ1) is 17.9. The molecule has 1 aliphatic carbocycles. The second-order valence-electron chi connectivity index (χ2n) is 7.26. The molecule has 2 heterocycles. The summed E-state index contributed by atoms with van der Waals surface area (Å²) in [6.45, 7) is 0. The van der Waals surface area contributed by atoms with Crippen molar-refractivity contribution in [2.24, 2.45) is 16.7 Å². The number of nitrogens with one attached hydrogen (secondary N) is 1. The first-order chi connectivity index (χ1) is 13.0. The van der Waals surface area contributed by atoms with Crippen LogP contribution in [-0.4, -0.2) is 17.9 Å². The quantitative estimate of drug-likeness (QED) is 0.780. The molecular weight excluding hydrogens is 360 g/mol. The molecule has 0 aromatic heterocycles. The van der Waals surface area contributed by atoms with Gasteiger partial charge in [-0.25, -0.2) is 0 Å². The number of nitrogens with zero attached hydrogens (tertiary/aromatic N) is 3. The van der Waals surface area contributed by atoms with Crippen molar-refractivity contribution in [1.29, 1.82) is 21.2 Å². The third-order valence-corrected chi connectivity index (χ3v) is 6.98. The van der Waals surface area contributed by atoms with Crippen LogP contribution < -0.4 is 0 Å². The lowest BCUT2D eigenvalue weighted by Crippen LogP contribution is -2.60. The molecule has 2 bridgehead atoms. The Morgan fingerprint density at radius 3 is 2.41 bits per heavy atom. The molecule has 4 atom stereocenters. The molecule has 136 valence electrons. The van der Waals surface area contributed by atoms with Crippen molar-refractivity contribution in [3.05, 3.63) is 29.8 Å². The van der Waals surface area contributed by atoms with Crippen molar-refractivity contribution in [2.75, 3.05) is 6.26 Å². The summed E-state index contributed by atoms with van der Waals surface area (Å²) in [7, 11) is 0. The maximum atomic E-state index is 10.2. The van der Waals surface area contributed by atoms with Gasteiger partial charge in [-0.1, -0.05) is 18.6 Å². The first-order valence-corrected chi connectivity index (χ1v) is 10.1. The summed E-state index contributed by atoms with van der Waals surface area (Å²) >= 11 is 1.59. The SMILES string of the molecule is CSc1ccc([C@@H]2O[C@@]34CCCC[C@H]3[C@@](C#N)(C(=N)O4)C2(C#N)C#N)cc1. The van der Waals surface area contributed by atoms with Gasteiger partial charge in [0.2, 0.25) is 17.1 Å². The van der Waals surface area contributed by atoms with Crippen LogP contribution >= 0.6 is 11.8 Å². The van der Waals surface area contributed by atoms with Crippen molar-refractivity contribution in [3.63, 3.8) is 0 Å². The van der Waals surface area contributed by atoms with Gasteiger partial charge in [-0.3, -0.25) is 5.41 Å². The molecule has 0 amide bonds. The molecule has 1 aromatic carbocycles. The summed E-state index contributed by atoms with van der Waals surface area (Å²) in [6, 6.07) is 13.8. The topological polar surface area (TPSA) is 114 Å². The van der Waals surface area contributed by atoms with Crippen molar-refractivity contribution in [3.8, 4) is 18.2 Å². The van der Waals surface area contributed by atoms with Crippen molar-refractivity contribution in [2.45, 2.75) is 42.5 Å². The van der Waals surface area contributed by atoms with E-state index in [1.54, 1.807) is 11.8 Å². The minimum Gasteiger partial charge on any atom is -0.447 e. The zero-order valence-corrected chi connectivity index (χ0v) is 15.7. The molecule has 1 aromatic rings. The van der Waals surface area contributed by atoms with Crippen LogP contribution in [0.3, 0.4) is 0 Å². The monoisotopic (exact) mass is 378 g/mol. The van der Waals surface area contributed by atoms with E-state index in [1.165, 1.54) is 0 Å². The average molecular weight is 378 g/mol. The highest BCUT2D eigenvalue weighted by Gasteiger charge is 2.80. The Labute approximate surface area is 162 Å². The molecule has 2 saturated heterocycles. The Kier molecular flexibility index (Phi) is 3.96. The Hall–Kier alpha value is -2.53. The van der Waals surface area contributed by atoms with E-state index in [1.807, 2.05) is 30.5 Å². The van der Waals surface area contributed by atoms with Gasteiger partial charge >= 0.3 is 0 Å². The Balaban J connectivity index is 1.95. The van der Waals surface area contributed by atoms with E-state index in [0.29, 0.717) is 18.4 Å². The molecule has 2 aliphatic heterocycles. The predicted octanol–water partition coefficient (Wildman–Crippen LogP) is 3.92. The maximum absolute atomic E-state index is 10.2. The average Bonchev–Trinajstić information content (AvgIpc) is 2.92. The van der Waals surface area contributed by atoms with E-state index < -0.39 is 28.6 Å². The Bertz CT molecular complexity index is 911. The van der Waals surface area contributed by atoms with E-state index in [0.717, 1.165) is 17.7 Å². The smallest absolute Gasteiger partial charge is 0.217 e. The molecule has 1 saturated carbocycles. The van der Waals surface area contributed by atoms with Gasteiger partial charge in [-0.2, -0.15) is 15.8 Å². The normalized spacial score (nSPS) is 35.9.